The second-order valence-electron chi connectivity index (χ2n) is 3.87. The van der Waals surface area contributed by atoms with Crippen molar-refractivity contribution in [3.05, 3.63) is 35.4 Å². The Balaban J connectivity index is 0. The van der Waals surface area contributed by atoms with E-state index in [2.05, 4.69) is 38.1 Å². The lowest BCUT2D eigenvalue weighted by molar-refractivity contribution is -0.110. The Kier molecular flexibility index (Phi) is 12.0. The van der Waals surface area contributed by atoms with Crippen LogP contribution in [-0.4, -0.2) is 6.18 Å². The standard InChI is InChI=1S/C11H16.C2H3F3.C2H6/c1-3-4-5-11-8-6-10(2)7-9-11;1-2(3,4)5;1-2/h6-9H,3-5H2,1-2H3;1H3;1-2H3. The van der Waals surface area contributed by atoms with Gasteiger partial charge in [0.1, 0.15) is 0 Å². The molecule has 0 heterocycles. The average molecular weight is 262 g/mol. The Morgan fingerprint density at radius 3 is 1.72 bits per heavy atom. The normalized spacial score (nSPS) is 9.78. The average Bonchev–Trinajstić information content (AvgIpc) is 2.29. The Hall–Kier alpha value is -0.990. The third-order valence-corrected chi connectivity index (χ3v) is 1.94. The zero-order valence-electron chi connectivity index (χ0n) is 12.1. The molecule has 0 N–H and O–H groups in total. The van der Waals surface area contributed by atoms with Crippen LogP contribution in [-0.2, 0) is 6.42 Å². The first-order chi connectivity index (χ1) is 8.33. The largest absolute Gasteiger partial charge is 0.386 e. The van der Waals surface area contributed by atoms with Crippen molar-refractivity contribution < 1.29 is 13.2 Å². The topological polar surface area (TPSA) is 0 Å². The molecule has 0 aliphatic rings. The van der Waals surface area contributed by atoms with E-state index >= 15 is 0 Å². The maximum Gasteiger partial charge on any atom is 0.386 e. The summed E-state index contributed by atoms with van der Waals surface area (Å²) in [6.07, 6.45) is -0.173. The SMILES string of the molecule is CC.CC(F)(F)F.CCCCc1ccc(C)cc1. The van der Waals surface area contributed by atoms with Gasteiger partial charge in [0.25, 0.3) is 0 Å². The van der Waals surface area contributed by atoms with Crippen LogP contribution >= 0.6 is 0 Å². The fraction of sp³-hybridized carbons (Fsp3) is 0.600. The van der Waals surface area contributed by atoms with Crippen LogP contribution in [0.3, 0.4) is 0 Å². The van der Waals surface area contributed by atoms with E-state index in [0.29, 0.717) is 0 Å². The molecular weight excluding hydrogens is 237 g/mol. The minimum absolute atomic E-state index is 0.188. The van der Waals surface area contributed by atoms with Gasteiger partial charge in [-0.3, -0.25) is 0 Å². The van der Waals surface area contributed by atoms with Gasteiger partial charge >= 0.3 is 6.18 Å². The van der Waals surface area contributed by atoms with E-state index in [1.165, 1.54) is 30.4 Å². The highest BCUT2D eigenvalue weighted by Gasteiger charge is 2.15. The Labute approximate surface area is 109 Å². The van der Waals surface area contributed by atoms with Crippen LogP contribution in [0.15, 0.2) is 24.3 Å². The maximum atomic E-state index is 10.4. The van der Waals surface area contributed by atoms with Crippen LogP contribution in [0.25, 0.3) is 0 Å². The lowest BCUT2D eigenvalue weighted by Gasteiger charge is -1.99. The van der Waals surface area contributed by atoms with E-state index in [1.54, 1.807) is 0 Å². The summed E-state index contributed by atoms with van der Waals surface area (Å²) >= 11 is 0. The van der Waals surface area contributed by atoms with Crippen molar-refractivity contribution in [3.8, 4) is 0 Å². The minimum atomic E-state index is -4.00. The monoisotopic (exact) mass is 262 g/mol. The number of halogens is 3. The fourth-order valence-corrected chi connectivity index (χ4v) is 1.14. The van der Waals surface area contributed by atoms with Crippen molar-refractivity contribution in [2.45, 2.75) is 60.1 Å². The zero-order valence-corrected chi connectivity index (χ0v) is 12.1. The predicted molar refractivity (Wildman–Crippen MR) is 72.9 cm³/mol. The maximum absolute atomic E-state index is 10.4. The smallest absolute Gasteiger partial charge is 0.172 e. The first-order valence-electron chi connectivity index (χ1n) is 6.45. The first-order valence-corrected chi connectivity index (χ1v) is 6.45. The van der Waals surface area contributed by atoms with Gasteiger partial charge in [-0.1, -0.05) is 57.0 Å². The summed E-state index contributed by atoms with van der Waals surface area (Å²) in [5, 5.41) is 0. The van der Waals surface area contributed by atoms with Gasteiger partial charge < -0.3 is 0 Å². The summed E-state index contributed by atoms with van der Waals surface area (Å²) in [7, 11) is 0. The van der Waals surface area contributed by atoms with Gasteiger partial charge in [-0.2, -0.15) is 13.2 Å². The molecule has 0 aromatic heterocycles. The highest BCUT2D eigenvalue weighted by atomic mass is 19.4. The second kappa shape index (κ2) is 11.1. The number of aryl methyl sites for hydroxylation is 2. The predicted octanol–water partition coefficient (Wildman–Crippen LogP) is 5.93. The number of benzene rings is 1. The third kappa shape index (κ3) is 17.4. The molecular formula is C15H25F3. The third-order valence-electron chi connectivity index (χ3n) is 1.94. The molecule has 3 heteroatoms. The molecule has 0 aliphatic heterocycles. The molecule has 18 heavy (non-hydrogen) atoms. The molecule has 1 aromatic carbocycles. The van der Waals surface area contributed by atoms with Crippen molar-refractivity contribution in [3.63, 3.8) is 0 Å². The number of hydrogen-bond donors (Lipinski definition) is 0. The second-order valence-corrected chi connectivity index (χ2v) is 3.87. The van der Waals surface area contributed by atoms with Crippen molar-refractivity contribution in [1.82, 2.24) is 0 Å². The summed E-state index contributed by atoms with van der Waals surface area (Å²) in [5.74, 6) is 0. The van der Waals surface area contributed by atoms with Crippen molar-refractivity contribution in [1.29, 1.82) is 0 Å². The van der Waals surface area contributed by atoms with E-state index < -0.39 is 6.18 Å². The number of alkyl halides is 3. The molecule has 0 saturated heterocycles. The minimum Gasteiger partial charge on any atom is -0.172 e. The van der Waals surface area contributed by atoms with Gasteiger partial charge in [-0.05, 0) is 25.3 Å². The molecule has 0 bridgehead atoms. The van der Waals surface area contributed by atoms with Crippen molar-refractivity contribution in [2.24, 2.45) is 0 Å². The molecule has 106 valence electrons. The Bertz CT molecular complexity index is 267. The van der Waals surface area contributed by atoms with E-state index in [1.807, 2.05) is 13.8 Å². The molecule has 1 rings (SSSR count). The number of rotatable bonds is 3. The lowest BCUT2D eigenvalue weighted by Crippen LogP contribution is -1.95. The van der Waals surface area contributed by atoms with E-state index in [-0.39, 0.29) is 6.92 Å². The van der Waals surface area contributed by atoms with Crippen LogP contribution < -0.4 is 0 Å². The van der Waals surface area contributed by atoms with Gasteiger partial charge in [0, 0.05) is 6.92 Å². The molecule has 0 radical (unpaired) electrons. The first kappa shape index (κ1) is 19.4. The number of hydrogen-bond acceptors (Lipinski definition) is 0. The van der Waals surface area contributed by atoms with Gasteiger partial charge in [-0.25, -0.2) is 0 Å². The van der Waals surface area contributed by atoms with Gasteiger partial charge in [0.15, 0.2) is 0 Å². The van der Waals surface area contributed by atoms with Crippen molar-refractivity contribution >= 4 is 0 Å². The van der Waals surface area contributed by atoms with Gasteiger partial charge in [0.05, 0.1) is 0 Å². The Morgan fingerprint density at radius 2 is 1.39 bits per heavy atom. The molecule has 0 saturated carbocycles. The molecule has 0 fully saturated rings. The molecule has 1 aromatic rings. The molecule has 0 nitrogen and oxygen atoms in total. The zero-order chi connectivity index (χ0) is 14.6. The van der Waals surface area contributed by atoms with E-state index in [4.69, 9.17) is 0 Å². The molecule has 0 spiro atoms. The van der Waals surface area contributed by atoms with Gasteiger partial charge in [0.2, 0.25) is 0 Å². The summed E-state index contributed by atoms with van der Waals surface area (Å²) in [6, 6.07) is 8.83. The van der Waals surface area contributed by atoms with Crippen LogP contribution in [0.4, 0.5) is 13.2 Å². The van der Waals surface area contributed by atoms with Crippen LogP contribution in [0.5, 0.6) is 0 Å². The van der Waals surface area contributed by atoms with Crippen LogP contribution in [0, 0.1) is 6.92 Å². The number of unbranched alkanes of at least 4 members (excludes halogenated alkanes) is 1. The quantitative estimate of drug-likeness (QED) is 0.633. The molecule has 0 aliphatic carbocycles. The highest BCUT2D eigenvalue weighted by molar-refractivity contribution is 5.21. The summed E-state index contributed by atoms with van der Waals surface area (Å²) < 4.78 is 31.1. The summed E-state index contributed by atoms with van der Waals surface area (Å²) in [6.45, 7) is 8.55. The highest BCUT2D eigenvalue weighted by Crippen LogP contribution is 2.10. The van der Waals surface area contributed by atoms with Crippen molar-refractivity contribution in [2.75, 3.05) is 0 Å². The molecule has 0 amide bonds. The fourth-order valence-electron chi connectivity index (χ4n) is 1.14. The van der Waals surface area contributed by atoms with E-state index in [0.717, 1.165) is 0 Å². The molecule has 0 atom stereocenters. The summed E-state index contributed by atoms with van der Waals surface area (Å²) in [4.78, 5) is 0. The Morgan fingerprint density at radius 1 is 1.00 bits per heavy atom. The molecule has 0 unspecified atom stereocenters. The van der Waals surface area contributed by atoms with E-state index in [9.17, 15) is 13.2 Å². The lowest BCUT2D eigenvalue weighted by atomic mass is 10.1. The summed E-state index contributed by atoms with van der Waals surface area (Å²) in [5.41, 5.74) is 2.82. The van der Waals surface area contributed by atoms with Gasteiger partial charge in [-0.15, -0.1) is 0 Å². The van der Waals surface area contributed by atoms with Crippen LogP contribution in [0.1, 0.15) is 51.7 Å². The van der Waals surface area contributed by atoms with Crippen LogP contribution in [0.2, 0.25) is 0 Å².